The zero-order chi connectivity index (χ0) is 8.55. The van der Waals surface area contributed by atoms with E-state index in [1.807, 2.05) is 13.1 Å². The van der Waals surface area contributed by atoms with Gasteiger partial charge in [0.2, 0.25) is 5.91 Å². The molecule has 1 aromatic heterocycles. The van der Waals surface area contributed by atoms with Crippen molar-refractivity contribution in [1.82, 2.24) is 4.98 Å². The SMILES string of the molecule is Cc1cnc(N2CCCC2=O)s1. The molecule has 2 heterocycles. The van der Waals surface area contributed by atoms with Crippen LogP contribution in [0.4, 0.5) is 5.13 Å². The van der Waals surface area contributed by atoms with Crippen molar-refractivity contribution in [3.05, 3.63) is 11.1 Å². The molecule has 0 saturated carbocycles. The normalized spacial score (nSPS) is 17.4. The fraction of sp³-hybridized carbons (Fsp3) is 0.500. The quantitative estimate of drug-likeness (QED) is 0.660. The molecule has 1 aliphatic rings. The standard InChI is InChI=1S/C8H10N2OS/c1-6-5-9-8(12-6)10-4-2-3-7(10)11/h5H,2-4H2,1H3. The summed E-state index contributed by atoms with van der Waals surface area (Å²) in [6.07, 6.45) is 3.46. The number of hydrogen-bond acceptors (Lipinski definition) is 3. The van der Waals surface area contributed by atoms with Crippen LogP contribution in [-0.2, 0) is 4.79 Å². The minimum Gasteiger partial charge on any atom is -0.288 e. The van der Waals surface area contributed by atoms with Crippen molar-refractivity contribution in [2.45, 2.75) is 19.8 Å². The van der Waals surface area contributed by atoms with Crippen molar-refractivity contribution >= 4 is 22.4 Å². The summed E-state index contributed by atoms with van der Waals surface area (Å²) in [7, 11) is 0. The number of anilines is 1. The van der Waals surface area contributed by atoms with Gasteiger partial charge in [0, 0.05) is 24.0 Å². The second-order valence-electron chi connectivity index (χ2n) is 2.90. The third kappa shape index (κ3) is 1.22. The molecule has 64 valence electrons. The Hall–Kier alpha value is -0.900. The van der Waals surface area contributed by atoms with Gasteiger partial charge in [-0.25, -0.2) is 4.98 Å². The van der Waals surface area contributed by atoms with Gasteiger partial charge in [-0.15, -0.1) is 11.3 Å². The first-order chi connectivity index (χ1) is 5.77. The van der Waals surface area contributed by atoms with Gasteiger partial charge >= 0.3 is 0 Å². The van der Waals surface area contributed by atoms with E-state index in [4.69, 9.17) is 0 Å². The Balaban J connectivity index is 2.24. The maximum atomic E-state index is 11.3. The number of carbonyl (C=O) groups excluding carboxylic acids is 1. The van der Waals surface area contributed by atoms with Crippen LogP contribution >= 0.6 is 11.3 Å². The molecule has 0 spiro atoms. The first-order valence-electron chi connectivity index (χ1n) is 4.00. The van der Waals surface area contributed by atoms with Gasteiger partial charge in [-0.1, -0.05) is 0 Å². The molecule has 1 saturated heterocycles. The average Bonchev–Trinajstić information content (AvgIpc) is 2.58. The van der Waals surface area contributed by atoms with Gasteiger partial charge in [-0.3, -0.25) is 9.69 Å². The van der Waals surface area contributed by atoms with Gasteiger partial charge in [0.05, 0.1) is 0 Å². The first-order valence-corrected chi connectivity index (χ1v) is 4.82. The number of carbonyl (C=O) groups is 1. The highest BCUT2D eigenvalue weighted by Crippen LogP contribution is 2.25. The molecule has 0 aliphatic carbocycles. The molecule has 12 heavy (non-hydrogen) atoms. The molecule has 4 heteroatoms. The van der Waals surface area contributed by atoms with Gasteiger partial charge in [0.25, 0.3) is 0 Å². The van der Waals surface area contributed by atoms with E-state index in [2.05, 4.69) is 4.98 Å². The monoisotopic (exact) mass is 182 g/mol. The van der Waals surface area contributed by atoms with E-state index >= 15 is 0 Å². The third-order valence-corrected chi connectivity index (χ3v) is 2.85. The van der Waals surface area contributed by atoms with Crippen LogP contribution in [0.3, 0.4) is 0 Å². The largest absolute Gasteiger partial charge is 0.288 e. The predicted molar refractivity (Wildman–Crippen MR) is 48.4 cm³/mol. The lowest BCUT2D eigenvalue weighted by Gasteiger charge is -2.09. The maximum Gasteiger partial charge on any atom is 0.228 e. The number of thiazole rings is 1. The first kappa shape index (κ1) is 7.73. The molecule has 3 nitrogen and oxygen atoms in total. The highest BCUT2D eigenvalue weighted by atomic mass is 32.1. The molecule has 0 aromatic carbocycles. The van der Waals surface area contributed by atoms with Crippen LogP contribution in [0.1, 0.15) is 17.7 Å². The number of aryl methyl sites for hydroxylation is 1. The summed E-state index contributed by atoms with van der Waals surface area (Å²) >= 11 is 1.58. The molecular weight excluding hydrogens is 172 g/mol. The Bertz CT molecular complexity index is 308. The average molecular weight is 182 g/mol. The highest BCUT2D eigenvalue weighted by Gasteiger charge is 2.23. The lowest BCUT2D eigenvalue weighted by molar-refractivity contribution is -0.117. The van der Waals surface area contributed by atoms with E-state index in [9.17, 15) is 4.79 Å². The number of aromatic nitrogens is 1. The van der Waals surface area contributed by atoms with E-state index in [1.54, 1.807) is 16.2 Å². The molecule has 0 unspecified atom stereocenters. The van der Waals surface area contributed by atoms with Crippen molar-refractivity contribution in [3.63, 3.8) is 0 Å². The number of rotatable bonds is 1. The second kappa shape index (κ2) is 2.86. The Morgan fingerprint density at radius 3 is 3.00 bits per heavy atom. The van der Waals surface area contributed by atoms with Crippen LogP contribution in [0, 0.1) is 6.92 Å². The van der Waals surface area contributed by atoms with Gasteiger partial charge in [0.15, 0.2) is 5.13 Å². The van der Waals surface area contributed by atoms with Crippen LogP contribution in [0.5, 0.6) is 0 Å². The zero-order valence-corrected chi connectivity index (χ0v) is 7.73. The Morgan fingerprint density at radius 1 is 1.67 bits per heavy atom. The minimum atomic E-state index is 0.212. The summed E-state index contributed by atoms with van der Waals surface area (Å²) in [4.78, 5) is 18.4. The number of nitrogens with zero attached hydrogens (tertiary/aromatic N) is 2. The van der Waals surface area contributed by atoms with Gasteiger partial charge in [-0.2, -0.15) is 0 Å². The van der Waals surface area contributed by atoms with Crippen molar-refractivity contribution in [3.8, 4) is 0 Å². The Morgan fingerprint density at radius 2 is 2.50 bits per heavy atom. The molecule has 0 bridgehead atoms. The van der Waals surface area contributed by atoms with E-state index in [0.717, 1.165) is 23.0 Å². The molecule has 2 rings (SSSR count). The van der Waals surface area contributed by atoms with Crippen LogP contribution in [0.25, 0.3) is 0 Å². The summed E-state index contributed by atoms with van der Waals surface area (Å²) in [6, 6.07) is 0. The van der Waals surface area contributed by atoms with E-state index < -0.39 is 0 Å². The topological polar surface area (TPSA) is 33.2 Å². The molecular formula is C8H10N2OS. The lowest BCUT2D eigenvalue weighted by Crippen LogP contribution is -2.23. The minimum absolute atomic E-state index is 0.212. The summed E-state index contributed by atoms with van der Waals surface area (Å²) in [6.45, 7) is 2.84. The van der Waals surface area contributed by atoms with Gasteiger partial charge in [0.1, 0.15) is 0 Å². The summed E-state index contributed by atoms with van der Waals surface area (Å²) in [5.41, 5.74) is 0. The molecule has 1 aromatic rings. The van der Waals surface area contributed by atoms with Crippen LogP contribution < -0.4 is 4.90 Å². The number of hydrogen-bond donors (Lipinski definition) is 0. The molecule has 1 aliphatic heterocycles. The maximum absolute atomic E-state index is 11.3. The van der Waals surface area contributed by atoms with Gasteiger partial charge in [-0.05, 0) is 13.3 Å². The fourth-order valence-electron chi connectivity index (χ4n) is 1.32. The Kier molecular flexibility index (Phi) is 1.84. The van der Waals surface area contributed by atoms with Crippen LogP contribution in [0.15, 0.2) is 6.20 Å². The smallest absolute Gasteiger partial charge is 0.228 e. The second-order valence-corrected chi connectivity index (χ2v) is 4.12. The highest BCUT2D eigenvalue weighted by molar-refractivity contribution is 7.15. The summed E-state index contributed by atoms with van der Waals surface area (Å²) in [5.74, 6) is 0.212. The van der Waals surface area contributed by atoms with E-state index in [1.165, 1.54) is 0 Å². The van der Waals surface area contributed by atoms with Crippen molar-refractivity contribution in [1.29, 1.82) is 0 Å². The molecule has 0 radical (unpaired) electrons. The van der Waals surface area contributed by atoms with E-state index in [-0.39, 0.29) is 5.91 Å². The Labute approximate surface area is 75.0 Å². The molecule has 1 fully saturated rings. The predicted octanol–water partition coefficient (Wildman–Crippen LogP) is 1.58. The molecule has 0 atom stereocenters. The molecule has 1 amide bonds. The lowest BCUT2D eigenvalue weighted by atomic mass is 10.4. The zero-order valence-electron chi connectivity index (χ0n) is 6.91. The van der Waals surface area contributed by atoms with Crippen molar-refractivity contribution in [2.75, 3.05) is 11.4 Å². The van der Waals surface area contributed by atoms with Crippen LogP contribution in [0.2, 0.25) is 0 Å². The number of amides is 1. The molecule has 0 N–H and O–H groups in total. The fourth-order valence-corrected chi connectivity index (χ4v) is 2.12. The van der Waals surface area contributed by atoms with Crippen molar-refractivity contribution < 1.29 is 4.79 Å². The van der Waals surface area contributed by atoms with Crippen LogP contribution in [-0.4, -0.2) is 17.4 Å². The third-order valence-electron chi connectivity index (χ3n) is 1.91. The van der Waals surface area contributed by atoms with Gasteiger partial charge < -0.3 is 0 Å². The summed E-state index contributed by atoms with van der Waals surface area (Å²) in [5, 5.41) is 0.856. The van der Waals surface area contributed by atoms with E-state index in [0.29, 0.717) is 6.42 Å². The summed E-state index contributed by atoms with van der Waals surface area (Å²) < 4.78 is 0. The van der Waals surface area contributed by atoms with Crippen molar-refractivity contribution in [2.24, 2.45) is 0 Å².